The van der Waals surface area contributed by atoms with Gasteiger partial charge >= 0.3 is 0 Å². The van der Waals surface area contributed by atoms with Crippen LogP contribution in [0, 0.1) is 5.92 Å². The number of hydrogen-bond acceptors (Lipinski definition) is 5. The van der Waals surface area contributed by atoms with E-state index in [9.17, 15) is 4.79 Å². The molecule has 0 radical (unpaired) electrons. The van der Waals surface area contributed by atoms with Gasteiger partial charge in [0.15, 0.2) is 0 Å². The highest BCUT2D eigenvalue weighted by Gasteiger charge is 2.33. The summed E-state index contributed by atoms with van der Waals surface area (Å²) in [6.07, 6.45) is 7.79. The molecule has 2 aliphatic heterocycles. The minimum absolute atomic E-state index is 0.0790. The van der Waals surface area contributed by atoms with E-state index < -0.39 is 0 Å². The Labute approximate surface area is 161 Å². The maximum atomic E-state index is 12.9. The molecule has 0 spiro atoms. The molecule has 2 saturated heterocycles. The third kappa shape index (κ3) is 3.66. The topological polar surface area (TPSA) is 75.9 Å². The van der Waals surface area contributed by atoms with Crippen molar-refractivity contribution in [3.63, 3.8) is 0 Å². The molecule has 1 aromatic carbocycles. The molecule has 0 saturated carbocycles. The number of rotatable bonds is 4. The van der Waals surface area contributed by atoms with Gasteiger partial charge in [-0.2, -0.15) is 4.68 Å². The molecule has 0 unspecified atom stereocenters. The van der Waals surface area contributed by atoms with Crippen LogP contribution in [0.2, 0.25) is 0 Å². The zero-order valence-electron chi connectivity index (χ0n) is 14.6. The third-order valence-electron chi connectivity index (χ3n) is 5.55. The lowest BCUT2D eigenvalue weighted by Gasteiger charge is -2.44. The van der Waals surface area contributed by atoms with Gasteiger partial charge in [-0.05, 0) is 73.3 Å². The Morgan fingerprint density at radius 3 is 2.96 bits per heavy atom. The van der Waals surface area contributed by atoms with E-state index in [0.717, 1.165) is 11.0 Å². The number of amides is 1. The Kier molecular flexibility index (Phi) is 5.31. The predicted molar refractivity (Wildman–Crippen MR) is 101 cm³/mol. The zero-order chi connectivity index (χ0) is 17.9. The maximum absolute atomic E-state index is 12.9. The van der Waals surface area contributed by atoms with E-state index in [0.29, 0.717) is 23.2 Å². The number of halogens is 1. The van der Waals surface area contributed by atoms with Crippen LogP contribution in [0.1, 0.15) is 42.5 Å². The smallest absolute Gasteiger partial charge is 0.253 e. The Morgan fingerprint density at radius 1 is 1.23 bits per heavy atom. The van der Waals surface area contributed by atoms with Crippen molar-refractivity contribution in [1.29, 1.82) is 0 Å². The first-order valence-corrected chi connectivity index (χ1v) is 10.1. The predicted octanol–water partition coefficient (Wildman–Crippen LogP) is 2.42. The van der Waals surface area contributed by atoms with Crippen LogP contribution in [-0.4, -0.2) is 56.7 Å². The van der Waals surface area contributed by atoms with Gasteiger partial charge in [-0.3, -0.25) is 4.79 Å². The summed E-state index contributed by atoms with van der Waals surface area (Å²) in [7, 11) is 0. The van der Waals surface area contributed by atoms with Crippen molar-refractivity contribution in [3.05, 3.63) is 34.6 Å². The minimum Gasteiger partial charge on any atom is -0.352 e. The molecular formula is C18H23BrN6O. The molecule has 2 aromatic rings. The van der Waals surface area contributed by atoms with E-state index >= 15 is 0 Å². The number of nitrogens with one attached hydrogen (secondary N) is 1. The van der Waals surface area contributed by atoms with E-state index in [4.69, 9.17) is 0 Å². The van der Waals surface area contributed by atoms with Gasteiger partial charge in [-0.25, -0.2) is 0 Å². The van der Waals surface area contributed by atoms with Crippen LogP contribution in [0.25, 0.3) is 5.69 Å². The molecule has 3 heterocycles. The molecule has 138 valence electrons. The molecule has 0 bridgehead atoms. The Bertz CT molecular complexity index is 763. The summed E-state index contributed by atoms with van der Waals surface area (Å²) in [5.74, 6) is 0.460. The van der Waals surface area contributed by atoms with Crippen molar-refractivity contribution in [2.45, 2.75) is 38.1 Å². The van der Waals surface area contributed by atoms with Crippen LogP contribution in [0.4, 0.5) is 0 Å². The molecule has 1 amide bonds. The highest BCUT2D eigenvalue weighted by molar-refractivity contribution is 9.10. The zero-order valence-corrected chi connectivity index (χ0v) is 16.2. The van der Waals surface area contributed by atoms with Crippen molar-refractivity contribution in [2.24, 2.45) is 5.92 Å². The second-order valence-electron chi connectivity index (χ2n) is 7.13. The number of carbonyl (C=O) groups excluding carboxylic acids is 1. The average molecular weight is 419 g/mol. The molecule has 1 aromatic heterocycles. The SMILES string of the molecule is O=C(NC[C@@H]1CCCN2CCCC[C@H]12)c1cc(Br)ccc1-n1cnnn1. The standard InChI is InChI=1S/C18H23BrN6O/c19-14-6-7-17(25-12-21-22-23-25)15(10-14)18(26)20-11-13-4-3-9-24-8-2-1-5-16(13)24/h6-7,10,12-13,16H,1-5,8-9,11H2,(H,20,26)/t13-,16+/m0/s1. The largest absolute Gasteiger partial charge is 0.352 e. The summed E-state index contributed by atoms with van der Waals surface area (Å²) < 4.78 is 2.38. The first-order valence-electron chi connectivity index (χ1n) is 9.27. The van der Waals surface area contributed by atoms with Crippen molar-refractivity contribution in [3.8, 4) is 5.69 Å². The summed E-state index contributed by atoms with van der Waals surface area (Å²) in [4.78, 5) is 15.5. The Hall–Kier alpha value is -1.80. The van der Waals surface area contributed by atoms with E-state index in [1.807, 2.05) is 18.2 Å². The first-order chi connectivity index (χ1) is 12.7. The molecule has 8 heteroatoms. The highest BCUT2D eigenvalue weighted by atomic mass is 79.9. The number of aromatic nitrogens is 4. The monoisotopic (exact) mass is 418 g/mol. The third-order valence-corrected chi connectivity index (χ3v) is 6.05. The fraction of sp³-hybridized carbons (Fsp3) is 0.556. The molecule has 7 nitrogen and oxygen atoms in total. The van der Waals surface area contributed by atoms with Crippen molar-refractivity contribution in [1.82, 2.24) is 30.4 Å². The number of hydrogen-bond donors (Lipinski definition) is 1. The van der Waals surface area contributed by atoms with E-state index in [1.165, 1.54) is 56.2 Å². The average Bonchev–Trinajstić information content (AvgIpc) is 3.20. The van der Waals surface area contributed by atoms with E-state index in [1.54, 1.807) is 0 Å². The molecule has 4 rings (SSSR count). The normalized spacial score (nSPS) is 23.4. The van der Waals surface area contributed by atoms with Gasteiger partial charge < -0.3 is 10.2 Å². The Morgan fingerprint density at radius 2 is 2.12 bits per heavy atom. The molecule has 26 heavy (non-hydrogen) atoms. The number of piperidine rings is 2. The maximum Gasteiger partial charge on any atom is 0.253 e. The number of fused-ring (bicyclic) bond motifs is 1. The second kappa shape index (κ2) is 7.84. The van der Waals surface area contributed by atoms with Crippen LogP contribution < -0.4 is 5.32 Å². The Balaban J connectivity index is 1.47. The fourth-order valence-electron chi connectivity index (χ4n) is 4.30. The first kappa shape index (κ1) is 17.6. The van der Waals surface area contributed by atoms with Crippen LogP contribution in [-0.2, 0) is 0 Å². The number of carbonyl (C=O) groups is 1. The number of nitrogens with zero attached hydrogens (tertiary/aromatic N) is 5. The van der Waals surface area contributed by atoms with E-state index in [2.05, 4.69) is 41.7 Å². The molecule has 0 aliphatic carbocycles. The van der Waals surface area contributed by atoms with Gasteiger partial charge in [0.25, 0.3) is 5.91 Å². The van der Waals surface area contributed by atoms with Crippen molar-refractivity contribution in [2.75, 3.05) is 19.6 Å². The van der Waals surface area contributed by atoms with Gasteiger partial charge in [0, 0.05) is 17.1 Å². The lowest BCUT2D eigenvalue weighted by atomic mass is 9.83. The summed E-state index contributed by atoms with van der Waals surface area (Å²) >= 11 is 3.45. The van der Waals surface area contributed by atoms with E-state index in [-0.39, 0.29) is 5.91 Å². The molecule has 2 atom stereocenters. The highest BCUT2D eigenvalue weighted by Crippen LogP contribution is 2.30. The van der Waals surface area contributed by atoms with Gasteiger partial charge in [0.1, 0.15) is 6.33 Å². The van der Waals surface area contributed by atoms with Gasteiger partial charge in [0.05, 0.1) is 11.3 Å². The fourth-order valence-corrected chi connectivity index (χ4v) is 4.66. The quantitative estimate of drug-likeness (QED) is 0.824. The van der Waals surface area contributed by atoms with Crippen LogP contribution in [0.3, 0.4) is 0 Å². The minimum atomic E-state index is -0.0790. The van der Waals surface area contributed by atoms with Gasteiger partial charge in [-0.15, -0.1) is 5.10 Å². The van der Waals surface area contributed by atoms with Crippen LogP contribution >= 0.6 is 15.9 Å². The molecule has 2 fully saturated rings. The summed E-state index contributed by atoms with van der Waals surface area (Å²) in [5, 5.41) is 14.4. The number of benzene rings is 1. The lowest BCUT2D eigenvalue weighted by molar-refractivity contribution is 0.0575. The van der Waals surface area contributed by atoms with Gasteiger partial charge in [0.2, 0.25) is 0 Å². The summed E-state index contributed by atoms with van der Waals surface area (Å²) in [6, 6.07) is 6.17. The van der Waals surface area contributed by atoms with Crippen molar-refractivity contribution >= 4 is 21.8 Å². The van der Waals surface area contributed by atoms with Gasteiger partial charge in [-0.1, -0.05) is 22.4 Å². The molecule has 2 aliphatic rings. The summed E-state index contributed by atoms with van der Waals surface area (Å²) in [5.41, 5.74) is 1.25. The molecular weight excluding hydrogens is 396 g/mol. The van der Waals surface area contributed by atoms with Crippen molar-refractivity contribution < 1.29 is 4.79 Å². The lowest BCUT2D eigenvalue weighted by Crippen LogP contribution is -2.51. The van der Waals surface area contributed by atoms with Crippen LogP contribution in [0.5, 0.6) is 0 Å². The summed E-state index contributed by atoms with van der Waals surface area (Å²) in [6.45, 7) is 3.15. The second-order valence-corrected chi connectivity index (χ2v) is 8.04. The molecule has 1 N–H and O–H groups in total. The van der Waals surface area contributed by atoms with Crippen LogP contribution in [0.15, 0.2) is 29.0 Å². The number of tetrazole rings is 1.